The lowest BCUT2D eigenvalue weighted by Crippen LogP contribution is -2.21. The molecule has 3 N–H and O–H groups in total. The molecule has 0 aliphatic heterocycles. The maximum absolute atomic E-state index is 13.2. The van der Waals surface area contributed by atoms with Crippen LogP contribution in [0.25, 0.3) is 0 Å². The zero-order valence-corrected chi connectivity index (χ0v) is 21.0. The number of aliphatic hydroxyl groups excluding tert-OH is 1. The summed E-state index contributed by atoms with van der Waals surface area (Å²) in [6.45, 7) is 1.72. The quantitative estimate of drug-likeness (QED) is 0.314. The Bertz CT molecular complexity index is 1410. The first kappa shape index (κ1) is 27.3. The first-order valence-electron chi connectivity index (χ1n) is 11.7. The van der Waals surface area contributed by atoms with Crippen molar-refractivity contribution in [3.05, 3.63) is 77.9 Å². The molecule has 1 atom stereocenters. The summed E-state index contributed by atoms with van der Waals surface area (Å²) in [5.41, 5.74) is 0.777. The zero-order chi connectivity index (χ0) is 27.5. The molecule has 0 saturated heterocycles. The van der Waals surface area contributed by atoms with Gasteiger partial charge in [0.15, 0.2) is 6.10 Å². The number of ether oxygens (including phenoxy) is 2. The molecular weight excluding hydrogens is 525 g/mol. The normalized spacial score (nSPS) is 14.4. The molecule has 0 bridgehead atoms. The van der Waals surface area contributed by atoms with Crippen LogP contribution in [0.4, 0.5) is 24.5 Å². The number of sulfonamides is 1. The van der Waals surface area contributed by atoms with Gasteiger partial charge in [-0.05, 0) is 55.0 Å². The summed E-state index contributed by atoms with van der Waals surface area (Å²) in [7, 11) is -4.32. The number of carbonyl (C=O) groups excluding carboxylic acids is 1. The molecule has 1 aliphatic carbocycles. The Morgan fingerprint density at radius 2 is 1.68 bits per heavy atom. The van der Waals surface area contributed by atoms with Crippen LogP contribution in [0, 0.1) is 0 Å². The van der Waals surface area contributed by atoms with Crippen LogP contribution in [0.1, 0.15) is 42.9 Å². The van der Waals surface area contributed by atoms with Gasteiger partial charge in [-0.15, -0.1) is 13.2 Å². The molecule has 1 amide bonds. The molecule has 0 unspecified atom stereocenters. The standard InChI is InChI=1S/C26H25F3N2O6S/c1-2-36-22-14-18(30-25(33)24(32)17-6-4-3-5-7-17)11-13-23(22)38(34,35)31-19-10-12-20(16-8-9-16)21(15-19)37-26(27,28)29/h3-7,10-16,24,31-32H,2,8-9H2,1H3,(H,30,33)/t24-/m0/s1. The fourth-order valence-electron chi connectivity index (χ4n) is 3.83. The van der Waals surface area contributed by atoms with E-state index >= 15 is 0 Å². The minimum atomic E-state index is -4.93. The predicted octanol–water partition coefficient (Wildman–Crippen LogP) is 5.33. The number of amides is 1. The summed E-state index contributed by atoms with van der Waals surface area (Å²) in [5, 5.41) is 12.8. The highest BCUT2D eigenvalue weighted by molar-refractivity contribution is 7.92. The number of anilines is 2. The number of benzene rings is 3. The van der Waals surface area contributed by atoms with Crippen molar-refractivity contribution in [2.24, 2.45) is 0 Å². The van der Waals surface area contributed by atoms with Crippen LogP contribution >= 0.6 is 0 Å². The van der Waals surface area contributed by atoms with Gasteiger partial charge < -0.3 is 19.9 Å². The molecule has 0 spiro atoms. The van der Waals surface area contributed by atoms with Gasteiger partial charge in [-0.25, -0.2) is 8.42 Å². The second-order valence-electron chi connectivity index (χ2n) is 8.58. The number of hydrogen-bond acceptors (Lipinski definition) is 6. The lowest BCUT2D eigenvalue weighted by atomic mass is 10.1. The highest BCUT2D eigenvalue weighted by Gasteiger charge is 2.35. The molecule has 3 aromatic carbocycles. The number of carbonyl (C=O) groups is 1. The van der Waals surface area contributed by atoms with Gasteiger partial charge in [0.1, 0.15) is 16.4 Å². The molecule has 1 aliphatic rings. The third kappa shape index (κ3) is 6.75. The van der Waals surface area contributed by atoms with Crippen molar-refractivity contribution in [1.82, 2.24) is 0 Å². The predicted molar refractivity (Wildman–Crippen MR) is 134 cm³/mol. The van der Waals surface area contributed by atoms with Crippen molar-refractivity contribution >= 4 is 27.3 Å². The molecule has 0 radical (unpaired) electrons. The maximum atomic E-state index is 13.2. The smallest absolute Gasteiger partial charge is 0.492 e. The van der Waals surface area contributed by atoms with Crippen molar-refractivity contribution in [3.63, 3.8) is 0 Å². The number of aliphatic hydroxyl groups is 1. The summed E-state index contributed by atoms with van der Waals surface area (Å²) in [6, 6.07) is 15.8. The third-order valence-corrected chi connectivity index (χ3v) is 7.09. The van der Waals surface area contributed by atoms with Crippen LogP contribution < -0.4 is 19.5 Å². The van der Waals surface area contributed by atoms with Crippen molar-refractivity contribution in [3.8, 4) is 11.5 Å². The van der Waals surface area contributed by atoms with Gasteiger partial charge in [0.05, 0.1) is 12.3 Å². The van der Waals surface area contributed by atoms with Crippen molar-refractivity contribution < 1.29 is 41.0 Å². The lowest BCUT2D eigenvalue weighted by molar-refractivity contribution is -0.274. The van der Waals surface area contributed by atoms with Gasteiger partial charge in [0, 0.05) is 17.8 Å². The average Bonchev–Trinajstić information content (AvgIpc) is 3.68. The van der Waals surface area contributed by atoms with Crippen molar-refractivity contribution in [2.45, 2.75) is 43.0 Å². The topological polar surface area (TPSA) is 114 Å². The summed E-state index contributed by atoms with van der Waals surface area (Å²) in [4.78, 5) is 12.2. The van der Waals surface area contributed by atoms with Crippen LogP contribution in [0.2, 0.25) is 0 Å². The lowest BCUT2D eigenvalue weighted by Gasteiger charge is -2.17. The van der Waals surface area contributed by atoms with Crippen LogP contribution in [0.5, 0.6) is 11.5 Å². The number of hydrogen-bond donors (Lipinski definition) is 3. The molecule has 12 heteroatoms. The molecule has 3 aromatic rings. The number of rotatable bonds is 10. The van der Waals surface area contributed by atoms with Gasteiger partial charge in [-0.1, -0.05) is 36.4 Å². The van der Waals surface area contributed by atoms with E-state index in [2.05, 4.69) is 14.8 Å². The monoisotopic (exact) mass is 550 g/mol. The highest BCUT2D eigenvalue weighted by Crippen LogP contribution is 2.46. The second kappa shape index (κ2) is 10.9. The van der Waals surface area contributed by atoms with Gasteiger partial charge >= 0.3 is 6.36 Å². The molecule has 202 valence electrons. The maximum Gasteiger partial charge on any atom is 0.573 e. The minimum absolute atomic E-state index is 0.0641. The van der Waals surface area contributed by atoms with Gasteiger partial charge in [0.2, 0.25) is 0 Å². The Labute approximate surface area is 217 Å². The summed E-state index contributed by atoms with van der Waals surface area (Å²) in [5.74, 6) is -1.36. The Morgan fingerprint density at radius 3 is 2.32 bits per heavy atom. The SMILES string of the molecule is CCOc1cc(NC(=O)[C@@H](O)c2ccccc2)ccc1S(=O)(=O)Nc1ccc(C2CC2)c(OC(F)(F)F)c1. The van der Waals surface area contributed by atoms with Crippen LogP contribution in [0.3, 0.4) is 0 Å². The number of nitrogens with one attached hydrogen (secondary N) is 2. The number of halogens is 3. The van der Waals surface area contributed by atoms with Crippen molar-refractivity contribution in [1.29, 1.82) is 0 Å². The average molecular weight is 551 g/mol. The first-order chi connectivity index (χ1) is 18.0. The summed E-state index contributed by atoms with van der Waals surface area (Å²) in [6.07, 6.45) is -4.94. The van der Waals surface area contributed by atoms with E-state index in [0.717, 1.165) is 18.9 Å². The van der Waals surface area contributed by atoms with Crippen LogP contribution in [-0.2, 0) is 14.8 Å². The van der Waals surface area contributed by atoms with E-state index in [0.29, 0.717) is 11.1 Å². The molecule has 0 heterocycles. The summed E-state index contributed by atoms with van der Waals surface area (Å²) >= 11 is 0. The van der Waals surface area contributed by atoms with Gasteiger partial charge in [-0.2, -0.15) is 0 Å². The Kier molecular flexibility index (Phi) is 7.83. The molecule has 0 aromatic heterocycles. The molecule has 38 heavy (non-hydrogen) atoms. The van der Waals surface area contributed by atoms with E-state index in [-0.39, 0.29) is 34.5 Å². The summed E-state index contributed by atoms with van der Waals surface area (Å²) < 4.78 is 77.0. The zero-order valence-electron chi connectivity index (χ0n) is 20.2. The largest absolute Gasteiger partial charge is 0.573 e. The van der Waals surface area contributed by atoms with E-state index in [1.807, 2.05) is 0 Å². The Balaban J connectivity index is 1.57. The second-order valence-corrected chi connectivity index (χ2v) is 10.2. The highest BCUT2D eigenvalue weighted by atomic mass is 32.2. The van der Waals surface area contributed by atoms with E-state index in [4.69, 9.17) is 4.74 Å². The number of alkyl halides is 3. The van der Waals surface area contributed by atoms with Crippen molar-refractivity contribution in [2.75, 3.05) is 16.6 Å². The first-order valence-corrected chi connectivity index (χ1v) is 13.2. The Hall–Kier alpha value is -3.77. The van der Waals surface area contributed by atoms with Crippen LogP contribution in [-0.4, -0.2) is 32.4 Å². The Morgan fingerprint density at radius 1 is 1.03 bits per heavy atom. The van der Waals surface area contributed by atoms with Gasteiger partial charge in [0.25, 0.3) is 15.9 Å². The van der Waals surface area contributed by atoms with Crippen LogP contribution in [0.15, 0.2) is 71.6 Å². The fraction of sp³-hybridized carbons (Fsp3) is 0.269. The minimum Gasteiger partial charge on any atom is -0.492 e. The van der Waals surface area contributed by atoms with E-state index in [9.17, 15) is 31.5 Å². The van der Waals surface area contributed by atoms with E-state index in [1.54, 1.807) is 37.3 Å². The molecule has 4 rings (SSSR count). The molecular formula is C26H25F3N2O6S. The molecule has 8 nitrogen and oxygen atoms in total. The van der Waals surface area contributed by atoms with E-state index in [1.165, 1.54) is 30.3 Å². The van der Waals surface area contributed by atoms with Gasteiger partial charge in [-0.3, -0.25) is 9.52 Å². The molecule has 1 saturated carbocycles. The van der Waals surface area contributed by atoms with E-state index < -0.39 is 34.1 Å². The molecule has 1 fully saturated rings. The fourth-order valence-corrected chi connectivity index (χ4v) is 5.00. The third-order valence-electron chi connectivity index (χ3n) is 5.67.